The predicted octanol–water partition coefficient (Wildman–Crippen LogP) is 9.33. The normalized spacial score (nSPS) is 14.1. The SMILES string of the molecule is Cc1nn(C)c(C)c1-c1c(Cl)ccc2c(CCCOc3cccc4ccccc34)c(C=O)n(CCC3CCN(C(=O)OC(C)(C)C)CC3)c12. The summed E-state index contributed by atoms with van der Waals surface area (Å²) in [7, 11) is 1.95. The molecule has 1 aliphatic heterocycles. The Morgan fingerprint density at radius 3 is 2.43 bits per heavy atom. The molecule has 0 bridgehead atoms. The van der Waals surface area contributed by atoms with Gasteiger partial charge in [-0.2, -0.15) is 5.10 Å². The minimum Gasteiger partial charge on any atom is -0.493 e. The van der Waals surface area contributed by atoms with Crippen molar-refractivity contribution in [2.24, 2.45) is 13.0 Å². The molecule has 0 unspecified atom stereocenters. The number of halogens is 1. The number of rotatable bonds is 10. The maximum Gasteiger partial charge on any atom is 0.410 e. The summed E-state index contributed by atoms with van der Waals surface area (Å²) in [6, 6.07) is 18.4. The van der Waals surface area contributed by atoms with Crippen LogP contribution in [0.2, 0.25) is 5.02 Å². The van der Waals surface area contributed by atoms with E-state index >= 15 is 0 Å². The lowest BCUT2D eigenvalue weighted by Gasteiger charge is -2.33. The van der Waals surface area contributed by atoms with Crippen LogP contribution in [0.25, 0.3) is 32.8 Å². The molecular formula is C40H47ClN4O4. The number of aryl methyl sites for hydroxylation is 4. The molecule has 3 aromatic carbocycles. The van der Waals surface area contributed by atoms with Crippen LogP contribution in [0.4, 0.5) is 4.79 Å². The van der Waals surface area contributed by atoms with Crippen LogP contribution in [0.5, 0.6) is 5.75 Å². The number of carbonyl (C=O) groups excluding carboxylic acids is 2. The fourth-order valence-electron chi connectivity index (χ4n) is 7.31. The first-order valence-corrected chi connectivity index (χ1v) is 17.7. The van der Waals surface area contributed by atoms with Crippen molar-refractivity contribution in [2.75, 3.05) is 19.7 Å². The molecule has 1 fully saturated rings. The van der Waals surface area contributed by atoms with E-state index in [1.54, 1.807) is 0 Å². The lowest BCUT2D eigenvalue weighted by atomic mass is 9.93. The second-order valence-corrected chi connectivity index (χ2v) is 14.7. The molecule has 1 saturated heterocycles. The summed E-state index contributed by atoms with van der Waals surface area (Å²) < 4.78 is 16.0. The number of benzene rings is 3. The molecule has 3 heterocycles. The Hall–Kier alpha value is -4.30. The third kappa shape index (κ3) is 7.20. The van der Waals surface area contributed by atoms with Crippen LogP contribution in [-0.4, -0.2) is 56.9 Å². The van der Waals surface area contributed by atoms with E-state index < -0.39 is 5.60 Å². The molecular weight excluding hydrogens is 636 g/mol. The first-order chi connectivity index (χ1) is 23.5. The van der Waals surface area contributed by atoms with Gasteiger partial charge in [-0.25, -0.2) is 4.79 Å². The van der Waals surface area contributed by atoms with Gasteiger partial charge in [-0.3, -0.25) is 9.48 Å². The van der Waals surface area contributed by atoms with Crippen LogP contribution in [0, 0.1) is 19.8 Å². The fraction of sp³-hybridized carbons (Fsp3) is 0.425. The topological polar surface area (TPSA) is 78.6 Å². The van der Waals surface area contributed by atoms with Crippen LogP contribution in [0.1, 0.15) is 73.9 Å². The summed E-state index contributed by atoms with van der Waals surface area (Å²) in [5.74, 6) is 1.28. The van der Waals surface area contributed by atoms with E-state index in [4.69, 9.17) is 26.2 Å². The van der Waals surface area contributed by atoms with Crippen molar-refractivity contribution in [3.05, 3.63) is 82.3 Å². The van der Waals surface area contributed by atoms with Crippen molar-refractivity contribution < 1.29 is 19.1 Å². The second-order valence-electron chi connectivity index (χ2n) is 14.3. The van der Waals surface area contributed by atoms with Crippen LogP contribution in [0.3, 0.4) is 0 Å². The zero-order valence-electron chi connectivity index (χ0n) is 29.5. The van der Waals surface area contributed by atoms with Crippen molar-refractivity contribution in [3.63, 3.8) is 0 Å². The summed E-state index contributed by atoms with van der Waals surface area (Å²) in [4.78, 5) is 27.5. The highest BCUT2D eigenvalue weighted by Gasteiger charge is 2.29. The van der Waals surface area contributed by atoms with Gasteiger partial charge in [0, 0.05) is 54.3 Å². The van der Waals surface area contributed by atoms with E-state index in [-0.39, 0.29) is 6.09 Å². The van der Waals surface area contributed by atoms with Crippen molar-refractivity contribution in [3.8, 4) is 16.9 Å². The number of likely N-dealkylation sites (tertiary alicyclic amines) is 1. The van der Waals surface area contributed by atoms with Gasteiger partial charge >= 0.3 is 6.09 Å². The largest absolute Gasteiger partial charge is 0.493 e. The quantitative estimate of drug-likeness (QED) is 0.108. The van der Waals surface area contributed by atoms with Gasteiger partial charge in [0.15, 0.2) is 6.29 Å². The molecule has 0 radical (unpaired) electrons. The second kappa shape index (κ2) is 14.3. The molecule has 9 heteroatoms. The average Bonchev–Trinajstić information content (AvgIpc) is 3.51. The first kappa shape index (κ1) is 34.6. The van der Waals surface area contributed by atoms with Crippen molar-refractivity contribution in [1.82, 2.24) is 19.2 Å². The van der Waals surface area contributed by atoms with E-state index in [0.29, 0.717) is 49.3 Å². The van der Waals surface area contributed by atoms with Gasteiger partial charge in [0.05, 0.1) is 28.5 Å². The molecule has 6 rings (SSSR count). The van der Waals surface area contributed by atoms with E-state index in [9.17, 15) is 9.59 Å². The number of hydrogen-bond donors (Lipinski definition) is 0. The highest BCUT2D eigenvalue weighted by Crippen LogP contribution is 2.42. The van der Waals surface area contributed by atoms with Crippen LogP contribution >= 0.6 is 11.6 Å². The summed E-state index contributed by atoms with van der Waals surface area (Å²) in [6.45, 7) is 12.3. The molecule has 258 valence electrons. The number of nitrogens with zero attached hydrogens (tertiary/aromatic N) is 4. The molecule has 0 N–H and O–H groups in total. The van der Waals surface area contributed by atoms with E-state index in [2.05, 4.69) is 35.8 Å². The van der Waals surface area contributed by atoms with Gasteiger partial charge in [0.25, 0.3) is 0 Å². The Morgan fingerprint density at radius 1 is 1.00 bits per heavy atom. The van der Waals surface area contributed by atoms with E-state index in [1.807, 2.05) is 74.7 Å². The molecule has 0 aliphatic carbocycles. The van der Waals surface area contributed by atoms with Gasteiger partial charge in [0.2, 0.25) is 0 Å². The third-order valence-corrected chi connectivity index (χ3v) is 10.1. The number of ether oxygens (including phenoxy) is 2. The molecule has 2 aromatic heterocycles. The van der Waals surface area contributed by atoms with Crippen LogP contribution in [0.15, 0.2) is 54.6 Å². The fourth-order valence-corrected chi connectivity index (χ4v) is 7.56. The van der Waals surface area contributed by atoms with E-state index in [0.717, 1.165) is 87.5 Å². The summed E-state index contributed by atoms with van der Waals surface area (Å²) in [6.07, 6.45) is 4.85. The van der Waals surface area contributed by atoms with E-state index in [1.165, 1.54) is 0 Å². The molecule has 49 heavy (non-hydrogen) atoms. The van der Waals surface area contributed by atoms with Crippen LogP contribution in [-0.2, 0) is 24.8 Å². The summed E-state index contributed by atoms with van der Waals surface area (Å²) in [5, 5.41) is 8.62. The number of hydrogen-bond acceptors (Lipinski definition) is 5. The Labute approximate surface area is 293 Å². The van der Waals surface area contributed by atoms with Gasteiger partial charge in [-0.1, -0.05) is 54.1 Å². The lowest BCUT2D eigenvalue weighted by Crippen LogP contribution is -2.41. The first-order valence-electron chi connectivity index (χ1n) is 17.3. The maximum absolute atomic E-state index is 13.0. The smallest absolute Gasteiger partial charge is 0.410 e. The van der Waals surface area contributed by atoms with Gasteiger partial charge in [-0.15, -0.1) is 0 Å². The minimum absolute atomic E-state index is 0.249. The summed E-state index contributed by atoms with van der Waals surface area (Å²) in [5.41, 5.74) is 6.01. The van der Waals surface area contributed by atoms with Crippen LogP contribution < -0.4 is 4.74 Å². The number of amides is 1. The maximum atomic E-state index is 13.0. The Balaban J connectivity index is 1.29. The molecule has 1 amide bonds. The molecule has 1 aliphatic rings. The molecule has 0 saturated carbocycles. The molecule has 0 spiro atoms. The molecule has 0 atom stereocenters. The highest BCUT2D eigenvalue weighted by atomic mass is 35.5. The third-order valence-electron chi connectivity index (χ3n) is 9.80. The number of fused-ring (bicyclic) bond motifs is 2. The zero-order chi connectivity index (χ0) is 34.9. The number of carbonyl (C=O) groups is 2. The Morgan fingerprint density at radius 2 is 1.73 bits per heavy atom. The number of aldehydes is 1. The monoisotopic (exact) mass is 682 g/mol. The van der Waals surface area contributed by atoms with Crippen molar-refractivity contribution in [2.45, 2.75) is 78.9 Å². The average molecular weight is 683 g/mol. The Bertz CT molecular complexity index is 1990. The van der Waals surface area contributed by atoms with Gasteiger partial charge < -0.3 is 18.9 Å². The zero-order valence-corrected chi connectivity index (χ0v) is 30.3. The minimum atomic E-state index is -0.516. The standard InChI is InChI=1S/C40H47ClN4O4/c1-26-36(27(2)43(6)42-26)37-33(41)17-16-32-31(14-10-24-48-35-15-9-12-29-11-7-8-13-30(29)35)34(25-46)45(38(32)37)23-20-28-18-21-44(22-19-28)39(47)49-40(3,4)5/h7-9,11-13,15-17,25,28H,10,14,18-24H2,1-6H3. The number of aromatic nitrogens is 3. The number of piperidine rings is 1. The predicted molar refractivity (Wildman–Crippen MR) is 197 cm³/mol. The van der Waals surface area contributed by atoms with Gasteiger partial charge in [0.1, 0.15) is 11.4 Å². The lowest BCUT2D eigenvalue weighted by molar-refractivity contribution is 0.0179. The molecule has 8 nitrogen and oxygen atoms in total. The highest BCUT2D eigenvalue weighted by molar-refractivity contribution is 6.35. The molecule has 5 aromatic rings. The van der Waals surface area contributed by atoms with Crippen molar-refractivity contribution >= 4 is 45.7 Å². The van der Waals surface area contributed by atoms with Crippen molar-refractivity contribution in [1.29, 1.82) is 0 Å². The summed E-state index contributed by atoms with van der Waals surface area (Å²) >= 11 is 7.04. The van der Waals surface area contributed by atoms with Gasteiger partial charge in [-0.05, 0) is 95.7 Å². The Kier molecular flexibility index (Phi) is 10.1.